The van der Waals surface area contributed by atoms with Crippen molar-refractivity contribution in [2.45, 2.75) is 59.0 Å². The van der Waals surface area contributed by atoms with E-state index in [0.717, 1.165) is 12.8 Å². The van der Waals surface area contributed by atoms with Gasteiger partial charge in [-0.25, -0.2) is 0 Å². The topological polar surface area (TPSA) is 44.0 Å². The summed E-state index contributed by atoms with van der Waals surface area (Å²) < 4.78 is 0. The molecule has 0 rings (SSSR count). The Morgan fingerprint density at radius 1 is 1.15 bits per heavy atom. The molecule has 0 fully saturated rings. The summed E-state index contributed by atoms with van der Waals surface area (Å²) in [5.41, 5.74) is -1.45. The van der Waals surface area contributed by atoms with Crippen molar-refractivity contribution in [3.05, 3.63) is 0 Å². The number of hydrogen-bond donors (Lipinski definition) is 1. The van der Waals surface area contributed by atoms with Crippen LogP contribution in [0.4, 0.5) is 0 Å². The van der Waals surface area contributed by atoms with Gasteiger partial charge in [0.05, 0.1) is 17.1 Å². The summed E-state index contributed by atoms with van der Waals surface area (Å²) in [7, 11) is 0. The van der Waals surface area contributed by atoms with Gasteiger partial charge in [-0.3, -0.25) is 0 Å². The van der Waals surface area contributed by atoms with Crippen LogP contribution in [0.1, 0.15) is 53.4 Å². The zero-order valence-electron chi connectivity index (χ0n) is 9.22. The van der Waals surface area contributed by atoms with Crippen molar-refractivity contribution in [2.24, 2.45) is 5.41 Å². The lowest BCUT2D eigenvalue weighted by Gasteiger charge is -2.37. The molecule has 0 aliphatic rings. The minimum atomic E-state index is -0.814. The number of hydrogen-bond acceptors (Lipinski definition) is 2. The van der Waals surface area contributed by atoms with Crippen molar-refractivity contribution in [1.82, 2.24) is 0 Å². The molecular formula is C11H21NO. The van der Waals surface area contributed by atoms with Crippen molar-refractivity contribution in [3.63, 3.8) is 0 Å². The Hall–Kier alpha value is -0.550. The first-order chi connectivity index (χ1) is 5.93. The van der Waals surface area contributed by atoms with Gasteiger partial charge in [0.1, 0.15) is 0 Å². The fraction of sp³-hybridized carbons (Fsp3) is 0.909. The van der Waals surface area contributed by atoms with E-state index in [-0.39, 0.29) is 0 Å². The van der Waals surface area contributed by atoms with E-state index in [4.69, 9.17) is 5.26 Å². The summed E-state index contributed by atoms with van der Waals surface area (Å²) in [5.74, 6) is 0. The van der Waals surface area contributed by atoms with E-state index in [1.807, 2.05) is 27.7 Å². The first kappa shape index (κ1) is 12.4. The molecule has 0 aromatic carbocycles. The van der Waals surface area contributed by atoms with Crippen LogP contribution in [0.5, 0.6) is 0 Å². The average molecular weight is 183 g/mol. The van der Waals surface area contributed by atoms with Gasteiger partial charge < -0.3 is 5.11 Å². The van der Waals surface area contributed by atoms with Gasteiger partial charge in [0, 0.05) is 0 Å². The predicted molar refractivity (Wildman–Crippen MR) is 54.2 cm³/mol. The van der Waals surface area contributed by atoms with Crippen LogP contribution in [-0.2, 0) is 0 Å². The van der Waals surface area contributed by atoms with Crippen molar-refractivity contribution in [1.29, 1.82) is 5.26 Å². The third-order valence-corrected chi connectivity index (χ3v) is 2.77. The minimum Gasteiger partial charge on any atom is -0.388 e. The second kappa shape index (κ2) is 4.62. The third kappa shape index (κ3) is 2.70. The normalized spacial score (nSPS) is 12.6. The van der Waals surface area contributed by atoms with Crippen LogP contribution in [0.25, 0.3) is 0 Å². The largest absolute Gasteiger partial charge is 0.388 e. The highest BCUT2D eigenvalue weighted by molar-refractivity contribution is 5.06. The van der Waals surface area contributed by atoms with E-state index in [0.29, 0.717) is 12.8 Å². The number of aliphatic hydroxyl groups is 1. The molecule has 0 bridgehead atoms. The van der Waals surface area contributed by atoms with Gasteiger partial charge >= 0.3 is 0 Å². The lowest BCUT2D eigenvalue weighted by molar-refractivity contribution is -0.0539. The maximum atomic E-state index is 10.3. The van der Waals surface area contributed by atoms with E-state index < -0.39 is 11.0 Å². The smallest absolute Gasteiger partial charge is 0.0827 e. The fourth-order valence-corrected chi connectivity index (χ4v) is 1.68. The van der Waals surface area contributed by atoms with Gasteiger partial charge in [-0.2, -0.15) is 5.26 Å². The molecular weight excluding hydrogens is 162 g/mol. The minimum absolute atomic E-state index is 0.640. The summed E-state index contributed by atoms with van der Waals surface area (Å²) in [6.45, 7) is 7.71. The molecule has 0 aliphatic heterocycles. The molecule has 0 aliphatic carbocycles. The molecule has 0 saturated carbocycles. The number of nitriles is 1. The molecule has 0 spiro atoms. The molecule has 0 atom stereocenters. The molecule has 2 nitrogen and oxygen atoms in total. The van der Waals surface area contributed by atoms with E-state index in [2.05, 4.69) is 6.07 Å². The standard InChI is InChI=1S/C11H21NO/c1-5-7-11(13,8-6-2)10(3,4)9-12/h13H,5-8H2,1-4H3. The molecule has 2 heteroatoms. The maximum Gasteiger partial charge on any atom is 0.0827 e. The zero-order chi connectivity index (χ0) is 10.5. The maximum absolute atomic E-state index is 10.3. The van der Waals surface area contributed by atoms with Crippen molar-refractivity contribution in [2.75, 3.05) is 0 Å². The van der Waals surface area contributed by atoms with Crippen LogP contribution in [0.2, 0.25) is 0 Å². The first-order valence-electron chi connectivity index (χ1n) is 5.07. The quantitative estimate of drug-likeness (QED) is 0.712. The lowest BCUT2D eigenvalue weighted by Crippen LogP contribution is -2.43. The molecule has 0 amide bonds. The summed E-state index contributed by atoms with van der Waals surface area (Å²) >= 11 is 0. The molecule has 0 aromatic heterocycles. The van der Waals surface area contributed by atoms with Crippen molar-refractivity contribution >= 4 is 0 Å². The highest BCUT2D eigenvalue weighted by Crippen LogP contribution is 2.37. The Morgan fingerprint density at radius 3 is 1.77 bits per heavy atom. The molecule has 13 heavy (non-hydrogen) atoms. The molecule has 0 aromatic rings. The van der Waals surface area contributed by atoms with E-state index in [9.17, 15) is 5.11 Å². The Labute approximate surface area is 81.6 Å². The Balaban J connectivity index is 4.68. The zero-order valence-corrected chi connectivity index (χ0v) is 9.22. The molecule has 0 unspecified atom stereocenters. The number of rotatable bonds is 5. The predicted octanol–water partition coefficient (Wildman–Crippen LogP) is 2.87. The van der Waals surface area contributed by atoms with Crippen LogP contribution < -0.4 is 0 Å². The second-order valence-corrected chi connectivity index (χ2v) is 4.27. The van der Waals surface area contributed by atoms with Crippen molar-refractivity contribution in [3.8, 4) is 6.07 Å². The van der Waals surface area contributed by atoms with Crippen molar-refractivity contribution < 1.29 is 5.11 Å². The lowest BCUT2D eigenvalue weighted by atomic mass is 9.71. The Kier molecular flexibility index (Phi) is 4.43. The van der Waals surface area contributed by atoms with Gasteiger partial charge in [-0.05, 0) is 26.7 Å². The van der Waals surface area contributed by atoms with Crippen LogP contribution in [0, 0.1) is 16.7 Å². The first-order valence-corrected chi connectivity index (χ1v) is 5.07. The molecule has 0 radical (unpaired) electrons. The molecule has 1 N–H and O–H groups in total. The highest BCUT2D eigenvalue weighted by Gasteiger charge is 2.42. The molecule has 0 saturated heterocycles. The Morgan fingerprint density at radius 2 is 1.54 bits per heavy atom. The monoisotopic (exact) mass is 183 g/mol. The van der Waals surface area contributed by atoms with Gasteiger partial charge in [0.2, 0.25) is 0 Å². The van der Waals surface area contributed by atoms with Gasteiger partial charge in [-0.15, -0.1) is 0 Å². The third-order valence-electron chi connectivity index (χ3n) is 2.77. The van der Waals surface area contributed by atoms with Crippen LogP contribution in [0.15, 0.2) is 0 Å². The molecule has 76 valence electrons. The summed E-state index contributed by atoms with van der Waals surface area (Å²) in [6, 6.07) is 2.20. The van der Waals surface area contributed by atoms with Crippen LogP contribution in [0.3, 0.4) is 0 Å². The van der Waals surface area contributed by atoms with Gasteiger partial charge in [-0.1, -0.05) is 26.7 Å². The SMILES string of the molecule is CCCC(O)(CCC)C(C)(C)C#N. The highest BCUT2D eigenvalue weighted by atomic mass is 16.3. The van der Waals surface area contributed by atoms with E-state index in [1.165, 1.54) is 0 Å². The average Bonchev–Trinajstić information content (AvgIpc) is 2.05. The fourth-order valence-electron chi connectivity index (χ4n) is 1.68. The van der Waals surface area contributed by atoms with Crippen LogP contribution in [-0.4, -0.2) is 10.7 Å². The summed E-state index contributed by atoms with van der Waals surface area (Å²) in [6.07, 6.45) is 3.26. The Bertz CT molecular complexity index is 185. The van der Waals surface area contributed by atoms with Crippen LogP contribution >= 0.6 is 0 Å². The summed E-state index contributed by atoms with van der Waals surface area (Å²) in [5, 5.41) is 19.3. The summed E-state index contributed by atoms with van der Waals surface area (Å²) in [4.78, 5) is 0. The van der Waals surface area contributed by atoms with Gasteiger partial charge in [0.15, 0.2) is 0 Å². The van der Waals surface area contributed by atoms with Gasteiger partial charge in [0.25, 0.3) is 0 Å². The van der Waals surface area contributed by atoms with E-state index in [1.54, 1.807) is 0 Å². The second-order valence-electron chi connectivity index (χ2n) is 4.27. The number of nitrogens with zero attached hydrogens (tertiary/aromatic N) is 1. The molecule has 0 heterocycles. The van der Waals surface area contributed by atoms with E-state index >= 15 is 0 Å².